The molecule has 5 nitrogen and oxygen atoms in total. The van der Waals surface area contributed by atoms with Crippen molar-refractivity contribution in [3.05, 3.63) is 47.2 Å². The molecule has 0 bridgehead atoms. The van der Waals surface area contributed by atoms with Gasteiger partial charge in [-0.05, 0) is 24.0 Å². The van der Waals surface area contributed by atoms with Gasteiger partial charge in [0.15, 0.2) is 5.79 Å². The third-order valence-electron chi connectivity index (χ3n) is 5.33. The molecule has 1 atom stereocenters. The minimum absolute atomic E-state index is 0.357. The Morgan fingerprint density at radius 1 is 1.25 bits per heavy atom. The summed E-state index contributed by atoms with van der Waals surface area (Å²) >= 11 is 0. The van der Waals surface area contributed by atoms with Crippen molar-refractivity contribution in [3.8, 4) is 0 Å². The van der Waals surface area contributed by atoms with Crippen molar-refractivity contribution >= 4 is 5.97 Å². The molecular weight excluding hydrogens is 306 g/mol. The summed E-state index contributed by atoms with van der Waals surface area (Å²) in [4.78, 5) is 13.9. The maximum Gasteiger partial charge on any atom is 0.308 e. The smallest absolute Gasteiger partial charge is 0.308 e. The lowest BCUT2D eigenvalue weighted by Crippen LogP contribution is -2.43. The van der Waals surface area contributed by atoms with Gasteiger partial charge in [-0.2, -0.15) is 0 Å². The Hall–Kier alpha value is -1.85. The molecule has 1 spiro atoms. The largest absolute Gasteiger partial charge is 0.481 e. The molecule has 4 rings (SSSR count). The molecule has 1 aliphatic carbocycles. The number of ether oxygens (including phenoxy) is 2. The number of aliphatic carboxylic acids is 1. The predicted octanol–water partition coefficient (Wildman–Crippen LogP) is 2.77. The Kier molecular flexibility index (Phi) is 4.06. The molecular formula is C19H23NO4. The van der Waals surface area contributed by atoms with E-state index in [1.165, 1.54) is 16.8 Å². The van der Waals surface area contributed by atoms with Crippen LogP contribution in [0.5, 0.6) is 0 Å². The highest BCUT2D eigenvalue weighted by molar-refractivity contribution is 5.71. The first-order valence-electron chi connectivity index (χ1n) is 8.66. The fraction of sp³-hybridized carbons (Fsp3) is 0.526. The normalized spacial score (nSPS) is 25.8. The zero-order valence-corrected chi connectivity index (χ0v) is 13.7. The Morgan fingerprint density at radius 3 is 2.71 bits per heavy atom. The molecule has 1 unspecified atom stereocenters. The molecule has 0 amide bonds. The van der Waals surface area contributed by atoms with Crippen LogP contribution in [-0.4, -0.2) is 41.5 Å². The minimum atomic E-state index is -0.715. The molecule has 1 aromatic carbocycles. The van der Waals surface area contributed by atoms with E-state index in [0.717, 1.165) is 19.4 Å². The van der Waals surface area contributed by atoms with Crippen LogP contribution < -0.4 is 0 Å². The first kappa shape index (κ1) is 15.7. The van der Waals surface area contributed by atoms with E-state index in [1.807, 2.05) is 18.2 Å². The van der Waals surface area contributed by atoms with Crippen molar-refractivity contribution in [1.82, 2.24) is 4.90 Å². The number of nitrogens with zero attached hydrogens (tertiary/aromatic N) is 1. The summed E-state index contributed by atoms with van der Waals surface area (Å²) < 4.78 is 11.7. The van der Waals surface area contributed by atoms with Crippen LogP contribution in [0.1, 0.15) is 31.2 Å². The van der Waals surface area contributed by atoms with Gasteiger partial charge in [0.1, 0.15) is 0 Å². The van der Waals surface area contributed by atoms with E-state index in [0.29, 0.717) is 32.6 Å². The highest BCUT2D eigenvalue weighted by Crippen LogP contribution is 2.44. The lowest BCUT2D eigenvalue weighted by molar-refractivity contribution is -0.167. The second-order valence-electron chi connectivity index (χ2n) is 6.94. The molecule has 1 saturated heterocycles. The van der Waals surface area contributed by atoms with Gasteiger partial charge in [0.2, 0.25) is 0 Å². The van der Waals surface area contributed by atoms with Crippen LogP contribution in [0.15, 0.2) is 41.6 Å². The van der Waals surface area contributed by atoms with Gasteiger partial charge in [0, 0.05) is 31.6 Å². The van der Waals surface area contributed by atoms with Crippen molar-refractivity contribution in [1.29, 1.82) is 0 Å². The Bertz CT molecular complexity index is 649. The second-order valence-corrected chi connectivity index (χ2v) is 6.94. The predicted molar refractivity (Wildman–Crippen MR) is 88.1 cm³/mol. The summed E-state index contributed by atoms with van der Waals surface area (Å²) in [5, 5.41) is 9.56. The molecule has 3 aliphatic rings. The van der Waals surface area contributed by atoms with Gasteiger partial charge in [0.05, 0.1) is 19.1 Å². The molecule has 128 valence electrons. The van der Waals surface area contributed by atoms with E-state index >= 15 is 0 Å². The molecule has 2 aliphatic heterocycles. The highest BCUT2D eigenvalue weighted by atomic mass is 16.7. The van der Waals surface area contributed by atoms with Gasteiger partial charge in [-0.1, -0.05) is 30.3 Å². The van der Waals surface area contributed by atoms with Crippen molar-refractivity contribution in [3.63, 3.8) is 0 Å². The van der Waals surface area contributed by atoms with Crippen molar-refractivity contribution in [2.24, 2.45) is 5.92 Å². The summed E-state index contributed by atoms with van der Waals surface area (Å²) in [6, 6.07) is 10.2. The van der Waals surface area contributed by atoms with Gasteiger partial charge in [-0.15, -0.1) is 0 Å². The maximum absolute atomic E-state index is 11.6. The second kappa shape index (κ2) is 6.22. The van der Waals surface area contributed by atoms with Crippen LogP contribution in [0.2, 0.25) is 0 Å². The van der Waals surface area contributed by atoms with Crippen molar-refractivity contribution in [2.75, 3.05) is 19.8 Å². The lowest BCUT2D eigenvalue weighted by atomic mass is 9.81. The Labute approximate surface area is 141 Å². The first-order valence-corrected chi connectivity index (χ1v) is 8.66. The topological polar surface area (TPSA) is 59.0 Å². The fourth-order valence-electron chi connectivity index (χ4n) is 4.18. The minimum Gasteiger partial charge on any atom is -0.481 e. The Balaban J connectivity index is 1.61. The van der Waals surface area contributed by atoms with Gasteiger partial charge in [-0.25, -0.2) is 0 Å². The number of hydrogen-bond donors (Lipinski definition) is 1. The third kappa shape index (κ3) is 2.94. The maximum atomic E-state index is 11.6. The van der Waals surface area contributed by atoms with Gasteiger partial charge < -0.3 is 19.5 Å². The highest BCUT2D eigenvalue weighted by Gasteiger charge is 2.44. The van der Waals surface area contributed by atoms with Crippen LogP contribution in [-0.2, 0) is 20.8 Å². The van der Waals surface area contributed by atoms with Crippen LogP contribution in [0.4, 0.5) is 0 Å². The monoisotopic (exact) mass is 329 g/mol. The summed E-state index contributed by atoms with van der Waals surface area (Å²) in [6.07, 6.45) is 3.07. The summed E-state index contributed by atoms with van der Waals surface area (Å²) in [5.41, 5.74) is 3.72. The molecule has 0 radical (unpaired) electrons. The molecule has 1 fully saturated rings. The first-order chi connectivity index (χ1) is 11.7. The van der Waals surface area contributed by atoms with E-state index in [-0.39, 0.29) is 5.92 Å². The summed E-state index contributed by atoms with van der Waals surface area (Å²) in [6.45, 7) is 2.62. The summed E-state index contributed by atoms with van der Waals surface area (Å²) in [7, 11) is 0. The zero-order valence-electron chi connectivity index (χ0n) is 13.7. The van der Waals surface area contributed by atoms with E-state index in [9.17, 15) is 9.90 Å². The van der Waals surface area contributed by atoms with Gasteiger partial charge in [0.25, 0.3) is 0 Å². The van der Waals surface area contributed by atoms with Crippen molar-refractivity contribution < 1.29 is 19.4 Å². The average Bonchev–Trinajstić information content (AvgIpc) is 3.03. The zero-order chi connectivity index (χ0) is 16.6. The number of benzene rings is 1. The number of carbonyl (C=O) groups is 1. The Morgan fingerprint density at radius 2 is 2.00 bits per heavy atom. The molecule has 1 N–H and O–H groups in total. The van der Waals surface area contributed by atoms with Crippen LogP contribution in [0, 0.1) is 5.92 Å². The third-order valence-corrected chi connectivity index (χ3v) is 5.33. The molecule has 5 heteroatoms. The average molecular weight is 329 g/mol. The van der Waals surface area contributed by atoms with Crippen LogP contribution in [0.3, 0.4) is 0 Å². The molecule has 1 aromatic rings. The van der Waals surface area contributed by atoms with E-state index in [4.69, 9.17) is 9.47 Å². The van der Waals surface area contributed by atoms with Gasteiger partial charge >= 0.3 is 5.97 Å². The molecule has 0 saturated carbocycles. The SMILES string of the molecule is O=C(O)C1CC2=C(CCC3(C2)OCCO3)N(Cc2ccccc2)C1. The number of allylic oxidation sites excluding steroid dienone is 1. The molecule has 0 aromatic heterocycles. The number of carboxylic acid groups (broad SMARTS) is 1. The van der Waals surface area contributed by atoms with E-state index < -0.39 is 11.8 Å². The molecule has 2 heterocycles. The summed E-state index contributed by atoms with van der Waals surface area (Å²) in [5.74, 6) is -1.58. The quantitative estimate of drug-likeness (QED) is 0.924. The number of carboxylic acids is 1. The van der Waals surface area contributed by atoms with Crippen LogP contribution in [0.25, 0.3) is 0 Å². The number of hydrogen-bond acceptors (Lipinski definition) is 4. The van der Waals surface area contributed by atoms with Crippen LogP contribution >= 0.6 is 0 Å². The van der Waals surface area contributed by atoms with Crippen molar-refractivity contribution in [2.45, 2.75) is 38.0 Å². The van der Waals surface area contributed by atoms with E-state index in [1.54, 1.807) is 0 Å². The van der Waals surface area contributed by atoms with E-state index in [2.05, 4.69) is 17.0 Å². The fourth-order valence-corrected chi connectivity index (χ4v) is 4.18. The molecule has 24 heavy (non-hydrogen) atoms. The number of rotatable bonds is 3. The lowest BCUT2D eigenvalue weighted by Gasteiger charge is -2.43. The standard InChI is InChI=1S/C19H23NO4/c21-18(22)16-10-15-11-19(23-8-9-24-19)7-6-17(15)20(13-16)12-14-4-2-1-3-5-14/h1-5,16H,6-13H2,(H,21,22). The van der Waals surface area contributed by atoms with Gasteiger partial charge in [-0.3, -0.25) is 4.79 Å².